The first kappa shape index (κ1) is 13.1. The van der Waals surface area contributed by atoms with Crippen LogP contribution in [0.1, 0.15) is 23.1 Å². The number of hydrogen-bond donors (Lipinski definition) is 1. The Morgan fingerprint density at radius 3 is 3.00 bits per heavy atom. The van der Waals surface area contributed by atoms with Gasteiger partial charge in [-0.15, -0.1) is 0 Å². The zero-order chi connectivity index (χ0) is 13.9. The molecule has 1 N–H and O–H groups in total. The largest absolute Gasteiger partial charge is 0.326 e. The molecule has 0 radical (unpaired) electrons. The lowest BCUT2D eigenvalue weighted by Crippen LogP contribution is -2.25. The smallest absolute Gasteiger partial charge is 0.133 e. The van der Waals surface area contributed by atoms with Gasteiger partial charge in [0.15, 0.2) is 0 Å². The SMILES string of the molecule is CNCc1ccnc(N2CCCc3cc(C)ccc32)c1. The second kappa shape index (κ2) is 5.63. The normalized spacial score (nSPS) is 14.2. The van der Waals surface area contributed by atoms with Crippen molar-refractivity contribution in [3.63, 3.8) is 0 Å². The fourth-order valence-corrected chi connectivity index (χ4v) is 2.89. The average Bonchev–Trinajstić information content (AvgIpc) is 2.47. The van der Waals surface area contributed by atoms with Crippen molar-refractivity contribution in [2.24, 2.45) is 0 Å². The summed E-state index contributed by atoms with van der Waals surface area (Å²) in [5.41, 5.74) is 5.37. The van der Waals surface area contributed by atoms with Crippen LogP contribution in [0.3, 0.4) is 0 Å². The molecule has 104 valence electrons. The zero-order valence-corrected chi connectivity index (χ0v) is 12.2. The molecule has 3 heteroatoms. The summed E-state index contributed by atoms with van der Waals surface area (Å²) in [6, 6.07) is 11.0. The van der Waals surface area contributed by atoms with Crippen LogP contribution in [0.15, 0.2) is 36.5 Å². The second-order valence-corrected chi connectivity index (χ2v) is 5.44. The van der Waals surface area contributed by atoms with Crippen LogP contribution >= 0.6 is 0 Å². The van der Waals surface area contributed by atoms with Gasteiger partial charge in [0.2, 0.25) is 0 Å². The highest BCUT2D eigenvalue weighted by Crippen LogP contribution is 2.33. The first-order valence-electron chi connectivity index (χ1n) is 7.24. The van der Waals surface area contributed by atoms with E-state index in [-0.39, 0.29) is 0 Å². The third-order valence-corrected chi connectivity index (χ3v) is 3.82. The minimum Gasteiger partial charge on any atom is -0.326 e. The van der Waals surface area contributed by atoms with E-state index in [1.165, 1.54) is 35.2 Å². The van der Waals surface area contributed by atoms with Crippen molar-refractivity contribution in [3.05, 3.63) is 53.2 Å². The number of anilines is 2. The molecule has 0 bridgehead atoms. The monoisotopic (exact) mass is 267 g/mol. The van der Waals surface area contributed by atoms with Crippen LogP contribution in [0, 0.1) is 6.92 Å². The summed E-state index contributed by atoms with van der Waals surface area (Å²) >= 11 is 0. The first-order valence-corrected chi connectivity index (χ1v) is 7.24. The molecule has 0 saturated heterocycles. The number of rotatable bonds is 3. The van der Waals surface area contributed by atoms with Gasteiger partial charge in [0.05, 0.1) is 0 Å². The van der Waals surface area contributed by atoms with Crippen LogP contribution in [-0.4, -0.2) is 18.6 Å². The molecule has 0 atom stereocenters. The predicted molar refractivity (Wildman–Crippen MR) is 83.5 cm³/mol. The van der Waals surface area contributed by atoms with Crippen LogP contribution in [0.2, 0.25) is 0 Å². The van der Waals surface area contributed by atoms with Gasteiger partial charge in [0.1, 0.15) is 5.82 Å². The second-order valence-electron chi connectivity index (χ2n) is 5.44. The Morgan fingerprint density at radius 1 is 1.25 bits per heavy atom. The maximum Gasteiger partial charge on any atom is 0.133 e. The quantitative estimate of drug-likeness (QED) is 0.925. The third kappa shape index (κ3) is 2.54. The first-order chi connectivity index (χ1) is 9.78. The Balaban J connectivity index is 1.98. The Morgan fingerprint density at radius 2 is 2.15 bits per heavy atom. The van der Waals surface area contributed by atoms with E-state index in [1.54, 1.807) is 0 Å². The van der Waals surface area contributed by atoms with E-state index in [1.807, 2.05) is 13.2 Å². The van der Waals surface area contributed by atoms with Gasteiger partial charge in [-0.25, -0.2) is 4.98 Å². The highest BCUT2D eigenvalue weighted by atomic mass is 15.2. The van der Waals surface area contributed by atoms with Crippen LogP contribution in [0.5, 0.6) is 0 Å². The van der Waals surface area contributed by atoms with Crippen molar-refractivity contribution in [1.29, 1.82) is 0 Å². The molecule has 2 heterocycles. The maximum atomic E-state index is 4.56. The Kier molecular flexibility index (Phi) is 3.70. The van der Waals surface area contributed by atoms with Crippen molar-refractivity contribution in [1.82, 2.24) is 10.3 Å². The number of benzene rings is 1. The Bertz CT molecular complexity index is 607. The van der Waals surface area contributed by atoms with Crippen molar-refractivity contribution in [2.75, 3.05) is 18.5 Å². The van der Waals surface area contributed by atoms with Crippen LogP contribution in [-0.2, 0) is 13.0 Å². The number of aryl methyl sites for hydroxylation is 2. The summed E-state index contributed by atoms with van der Waals surface area (Å²) < 4.78 is 0. The lowest BCUT2D eigenvalue weighted by Gasteiger charge is -2.31. The number of fused-ring (bicyclic) bond motifs is 1. The van der Waals surface area contributed by atoms with Gasteiger partial charge in [-0.2, -0.15) is 0 Å². The molecular weight excluding hydrogens is 246 g/mol. The molecule has 1 aromatic carbocycles. The average molecular weight is 267 g/mol. The molecule has 1 aliphatic heterocycles. The molecule has 0 saturated carbocycles. The van der Waals surface area contributed by atoms with Gasteiger partial charge in [0, 0.05) is 25.0 Å². The minimum absolute atomic E-state index is 0.879. The maximum absolute atomic E-state index is 4.56. The molecule has 0 fully saturated rings. The van der Waals surface area contributed by atoms with E-state index in [0.717, 1.165) is 18.9 Å². The van der Waals surface area contributed by atoms with Gasteiger partial charge in [-0.05, 0) is 56.1 Å². The van der Waals surface area contributed by atoms with E-state index in [9.17, 15) is 0 Å². The van der Waals surface area contributed by atoms with Crippen LogP contribution in [0.4, 0.5) is 11.5 Å². The number of pyridine rings is 1. The predicted octanol–water partition coefficient (Wildman–Crippen LogP) is 3.19. The van der Waals surface area contributed by atoms with Crippen LogP contribution in [0.25, 0.3) is 0 Å². The number of hydrogen-bond acceptors (Lipinski definition) is 3. The minimum atomic E-state index is 0.879. The summed E-state index contributed by atoms with van der Waals surface area (Å²) in [5, 5.41) is 3.19. The molecule has 0 spiro atoms. The molecule has 1 aliphatic rings. The van der Waals surface area contributed by atoms with Gasteiger partial charge >= 0.3 is 0 Å². The number of nitrogens with zero attached hydrogens (tertiary/aromatic N) is 2. The molecule has 20 heavy (non-hydrogen) atoms. The highest BCUT2D eigenvalue weighted by Gasteiger charge is 2.19. The molecule has 3 rings (SSSR count). The summed E-state index contributed by atoms with van der Waals surface area (Å²) in [7, 11) is 1.97. The molecule has 1 aromatic heterocycles. The Labute approximate surface area is 120 Å². The van der Waals surface area contributed by atoms with Gasteiger partial charge in [-0.1, -0.05) is 17.7 Å². The van der Waals surface area contributed by atoms with Crippen molar-refractivity contribution in [3.8, 4) is 0 Å². The molecular formula is C17H21N3. The van der Waals surface area contributed by atoms with Gasteiger partial charge < -0.3 is 10.2 Å². The Hall–Kier alpha value is -1.87. The van der Waals surface area contributed by atoms with E-state index in [0.29, 0.717) is 0 Å². The van der Waals surface area contributed by atoms with Crippen molar-refractivity contribution in [2.45, 2.75) is 26.3 Å². The van der Waals surface area contributed by atoms with Crippen molar-refractivity contribution >= 4 is 11.5 Å². The molecule has 0 unspecified atom stereocenters. The fourth-order valence-electron chi connectivity index (χ4n) is 2.89. The summed E-state index contributed by atoms with van der Waals surface area (Å²) in [5.74, 6) is 1.06. The van der Waals surface area contributed by atoms with Gasteiger partial charge in [0.25, 0.3) is 0 Å². The van der Waals surface area contributed by atoms with Crippen LogP contribution < -0.4 is 10.2 Å². The van der Waals surface area contributed by atoms with Gasteiger partial charge in [-0.3, -0.25) is 0 Å². The lowest BCUT2D eigenvalue weighted by atomic mass is 9.99. The van der Waals surface area contributed by atoms with E-state index >= 15 is 0 Å². The van der Waals surface area contributed by atoms with E-state index < -0.39 is 0 Å². The molecule has 0 amide bonds. The summed E-state index contributed by atoms with van der Waals surface area (Å²) in [4.78, 5) is 6.91. The molecule has 3 nitrogen and oxygen atoms in total. The standard InChI is InChI=1S/C17H21N3/c1-13-5-6-16-15(10-13)4-3-9-20(16)17-11-14(12-18-2)7-8-19-17/h5-8,10-11,18H,3-4,9,12H2,1-2H3. The van der Waals surface area contributed by atoms with E-state index in [2.05, 4.69) is 52.5 Å². The topological polar surface area (TPSA) is 28.2 Å². The molecule has 2 aromatic rings. The number of aromatic nitrogens is 1. The zero-order valence-electron chi connectivity index (χ0n) is 12.2. The third-order valence-electron chi connectivity index (χ3n) is 3.82. The summed E-state index contributed by atoms with van der Waals surface area (Å²) in [6.07, 6.45) is 4.27. The van der Waals surface area contributed by atoms with Crippen molar-refractivity contribution < 1.29 is 0 Å². The number of nitrogens with one attached hydrogen (secondary N) is 1. The lowest BCUT2D eigenvalue weighted by molar-refractivity contribution is 0.756. The highest BCUT2D eigenvalue weighted by molar-refractivity contribution is 5.66. The summed E-state index contributed by atoms with van der Waals surface area (Å²) in [6.45, 7) is 4.08. The fraction of sp³-hybridized carbons (Fsp3) is 0.353. The molecule has 0 aliphatic carbocycles. The van der Waals surface area contributed by atoms with E-state index in [4.69, 9.17) is 0 Å².